The van der Waals surface area contributed by atoms with E-state index in [1.807, 2.05) is 0 Å². The Morgan fingerprint density at radius 3 is 2.71 bits per heavy atom. The van der Waals surface area contributed by atoms with Crippen LogP contribution in [0.2, 0.25) is 0 Å². The lowest BCUT2D eigenvalue weighted by molar-refractivity contribution is 0.0695. The van der Waals surface area contributed by atoms with E-state index in [0.29, 0.717) is 22.6 Å². The number of nitrogens with zero attached hydrogens (tertiary/aromatic N) is 3. The molecule has 0 amide bonds. The zero-order valence-corrected chi connectivity index (χ0v) is 11.5. The molecule has 0 aliphatic carbocycles. The first kappa shape index (κ1) is 13.2. The number of aromatic carboxylic acids is 1. The van der Waals surface area contributed by atoms with Gasteiger partial charge in [-0.3, -0.25) is 0 Å². The van der Waals surface area contributed by atoms with Crippen LogP contribution >= 0.6 is 0 Å². The predicted octanol–water partition coefficient (Wildman–Crippen LogP) is 2.85. The van der Waals surface area contributed by atoms with Crippen molar-refractivity contribution in [1.82, 2.24) is 14.6 Å². The molecule has 0 saturated heterocycles. The highest BCUT2D eigenvalue weighted by atomic mass is 19.1. The minimum absolute atomic E-state index is 0.104. The van der Waals surface area contributed by atoms with Crippen LogP contribution in [0.5, 0.6) is 0 Å². The number of benzene rings is 1. The van der Waals surface area contributed by atoms with Crippen LogP contribution in [0.3, 0.4) is 0 Å². The Bertz CT molecular complexity index is 871. The Balaban J connectivity index is 2.19. The van der Waals surface area contributed by atoms with Crippen molar-refractivity contribution in [3.63, 3.8) is 0 Å². The number of rotatable bonds is 2. The van der Waals surface area contributed by atoms with Crippen molar-refractivity contribution in [2.24, 2.45) is 0 Å². The third kappa shape index (κ3) is 2.14. The SMILES string of the molecule is Cc1cc(-c2cc3ncc(C(=O)O)c(C)n3n2)ccc1F. The zero-order chi connectivity index (χ0) is 15.1. The summed E-state index contributed by atoms with van der Waals surface area (Å²) in [6, 6.07) is 6.46. The number of hydrogen-bond acceptors (Lipinski definition) is 3. The molecule has 1 N–H and O–H groups in total. The number of carboxylic acids is 1. The molecule has 3 rings (SSSR count). The molecule has 0 aliphatic heterocycles. The van der Waals surface area contributed by atoms with E-state index >= 15 is 0 Å². The van der Waals surface area contributed by atoms with E-state index in [2.05, 4.69) is 10.1 Å². The van der Waals surface area contributed by atoms with Gasteiger partial charge in [0, 0.05) is 17.8 Å². The maximum atomic E-state index is 13.3. The first-order valence-electron chi connectivity index (χ1n) is 6.32. The smallest absolute Gasteiger partial charge is 0.339 e. The van der Waals surface area contributed by atoms with Gasteiger partial charge in [0.2, 0.25) is 0 Å². The third-order valence-corrected chi connectivity index (χ3v) is 3.41. The molecule has 1 aromatic carbocycles. The number of hydrogen-bond donors (Lipinski definition) is 1. The van der Waals surface area contributed by atoms with Gasteiger partial charge in [-0.1, -0.05) is 0 Å². The summed E-state index contributed by atoms with van der Waals surface area (Å²) in [5.74, 6) is -1.32. The van der Waals surface area contributed by atoms with Crippen molar-refractivity contribution < 1.29 is 14.3 Å². The lowest BCUT2D eigenvalue weighted by Gasteiger charge is -2.02. The van der Waals surface area contributed by atoms with Crippen molar-refractivity contribution in [3.8, 4) is 11.3 Å². The molecule has 5 nitrogen and oxygen atoms in total. The van der Waals surface area contributed by atoms with Gasteiger partial charge >= 0.3 is 5.97 Å². The maximum Gasteiger partial charge on any atom is 0.339 e. The van der Waals surface area contributed by atoms with Crippen LogP contribution in [0.25, 0.3) is 16.9 Å². The molecule has 0 atom stereocenters. The highest BCUT2D eigenvalue weighted by Gasteiger charge is 2.14. The Morgan fingerprint density at radius 1 is 1.29 bits per heavy atom. The summed E-state index contributed by atoms with van der Waals surface area (Å²) in [5, 5.41) is 13.5. The Morgan fingerprint density at radius 2 is 2.05 bits per heavy atom. The number of aromatic nitrogens is 3. The highest BCUT2D eigenvalue weighted by Crippen LogP contribution is 2.22. The molecule has 21 heavy (non-hydrogen) atoms. The largest absolute Gasteiger partial charge is 0.478 e. The fourth-order valence-electron chi connectivity index (χ4n) is 2.20. The molecule has 0 radical (unpaired) electrons. The van der Waals surface area contributed by atoms with Crippen molar-refractivity contribution in [3.05, 3.63) is 53.1 Å². The zero-order valence-electron chi connectivity index (χ0n) is 11.5. The second-order valence-electron chi connectivity index (χ2n) is 4.83. The van der Waals surface area contributed by atoms with Crippen LogP contribution in [0.1, 0.15) is 21.6 Å². The van der Waals surface area contributed by atoms with Crippen molar-refractivity contribution >= 4 is 11.6 Å². The van der Waals surface area contributed by atoms with Crippen molar-refractivity contribution in [2.75, 3.05) is 0 Å². The maximum absolute atomic E-state index is 13.3. The van der Waals surface area contributed by atoms with Gasteiger partial charge < -0.3 is 5.11 Å². The highest BCUT2D eigenvalue weighted by molar-refractivity contribution is 5.88. The minimum atomic E-state index is -1.04. The molecular weight excluding hydrogens is 273 g/mol. The van der Waals surface area contributed by atoms with Crippen LogP contribution in [0.4, 0.5) is 4.39 Å². The lowest BCUT2D eigenvalue weighted by Crippen LogP contribution is -2.06. The Labute approximate surface area is 119 Å². The summed E-state index contributed by atoms with van der Waals surface area (Å²) < 4.78 is 14.8. The molecule has 3 aromatic rings. The van der Waals surface area contributed by atoms with E-state index in [9.17, 15) is 9.18 Å². The van der Waals surface area contributed by atoms with E-state index in [1.54, 1.807) is 32.0 Å². The van der Waals surface area contributed by atoms with Crippen LogP contribution in [-0.4, -0.2) is 25.7 Å². The van der Waals surface area contributed by atoms with E-state index in [0.717, 1.165) is 5.56 Å². The van der Waals surface area contributed by atoms with Gasteiger partial charge in [-0.15, -0.1) is 0 Å². The number of aryl methyl sites for hydroxylation is 2. The van der Waals surface area contributed by atoms with Gasteiger partial charge in [0.25, 0.3) is 0 Å². The molecule has 0 bridgehead atoms. The van der Waals surface area contributed by atoms with Crippen molar-refractivity contribution in [1.29, 1.82) is 0 Å². The van der Waals surface area contributed by atoms with Crippen molar-refractivity contribution in [2.45, 2.75) is 13.8 Å². The first-order chi connectivity index (χ1) is 9.97. The molecule has 0 aliphatic rings. The minimum Gasteiger partial charge on any atom is -0.478 e. The predicted molar refractivity (Wildman–Crippen MR) is 74.8 cm³/mol. The monoisotopic (exact) mass is 285 g/mol. The molecule has 106 valence electrons. The quantitative estimate of drug-likeness (QED) is 0.786. The van der Waals surface area contributed by atoms with E-state index in [1.165, 1.54) is 16.8 Å². The summed E-state index contributed by atoms with van der Waals surface area (Å²) in [4.78, 5) is 15.2. The molecule has 0 unspecified atom stereocenters. The van der Waals surface area contributed by atoms with Crippen LogP contribution < -0.4 is 0 Å². The summed E-state index contributed by atoms with van der Waals surface area (Å²) in [5.41, 5.74) is 3.06. The normalized spacial score (nSPS) is 11.0. The van der Waals surface area contributed by atoms with Crippen LogP contribution in [0, 0.1) is 19.7 Å². The van der Waals surface area contributed by atoms with Gasteiger partial charge in [0.1, 0.15) is 5.82 Å². The average Bonchev–Trinajstić information content (AvgIpc) is 2.87. The molecule has 0 spiro atoms. The van der Waals surface area contributed by atoms with Gasteiger partial charge in [0.15, 0.2) is 5.65 Å². The molecule has 0 saturated carbocycles. The number of carboxylic acid groups (broad SMARTS) is 1. The van der Waals surface area contributed by atoms with Gasteiger partial charge in [-0.2, -0.15) is 5.10 Å². The van der Waals surface area contributed by atoms with Crippen LogP contribution in [0.15, 0.2) is 30.5 Å². The summed E-state index contributed by atoms with van der Waals surface area (Å²) in [7, 11) is 0. The fraction of sp³-hybridized carbons (Fsp3) is 0.133. The number of fused-ring (bicyclic) bond motifs is 1. The van der Waals surface area contributed by atoms with E-state index in [-0.39, 0.29) is 11.4 Å². The average molecular weight is 285 g/mol. The standard InChI is InChI=1S/C15H12FN3O2/c1-8-5-10(3-4-12(8)16)13-6-14-17-7-11(15(20)21)9(2)19(14)18-13/h3-7H,1-2H3,(H,20,21). The molecule has 2 heterocycles. The van der Waals surface area contributed by atoms with E-state index in [4.69, 9.17) is 5.11 Å². The third-order valence-electron chi connectivity index (χ3n) is 3.41. The second kappa shape index (κ2) is 4.66. The Hall–Kier alpha value is -2.76. The summed E-state index contributed by atoms with van der Waals surface area (Å²) in [6.45, 7) is 3.35. The van der Waals surface area contributed by atoms with Crippen LogP contribution in [-0.2, 0) is 0 Å². The Kier molecular flexibility index (Phi) is 2.94. The number of halogens is 1. The number of carbonyl (C=O) groups is 1. The molecule has 6 heteroatoms. The topological polar surface area (TPSA) is 67.5 Å². The molecule has 0 fully saturated rings. The fourth-order valence-corrected chi connectivity index (χ4v) is 2.20. The molecule has 2 aromatic heterocycles. The van der Waals surface area contributed by atoms with Gasteiger partial charge in [-0.05, 0) is 37.6 Å². The van der Waals surface area contributed by atoms with Gasteiger partial charge in [0.05, 0.1) is 17.0 Å². The second-order valence-corrected chi connectivity index (χ2v) is 4.83. The summed E-state index contributed by atoms with van der Waals surface area (Å²) >= 11 is 0. The first-order valence-corrected chi connectivity index (χ1v) is 6.32. The van der Waals surface area contributed by atoms with E-state index < -0.39 is 5.97 Å². The molecular formula is C15H12FN3O2. The van der Waals surface area contributed by atoms with Gasteiger partial charge in [-0.25, -0.2) is 18.7 Å². The summed E-state index contributed by atoms with van der Waals surface area (Å²) in [6.07, 6.45) is 1.31. The lowest BCUT2D eigenvalue weighted by atomic mass is 10.1.